The molecule has 7 nitrogen and oxygen atoms in total. The number of carbonyl (C=O) groups excluding carboxylic acids is 1. The molecule has 3 N–H and O–H groups in total. The molecule has 2 heterocycles. The van der Waals surface area contributed by atoms with E-state index in [1.807, 2.05) is 23.1 Å². The number of piperidine rings is 1. The minimum atomic E-state index is 0.268. The Bertz CT molecular complexity index is 922. The van der Waals surface area contributed by atoms with Crippen molar-refractivity contribution in [3.05, 3.63) is 29.6 Å². The summed E-state index contributed by atoms with van der Waals surface area (Å²) in [7, 11) is 0. The van der Waals surface area contributed by atoms with Crippen LogP contribution in [0.25, 0.3) is 11.4 Å². The minimum Gasteiger partial charge on any atom is -0.382 e. The lowest BCUT2D eigenvalue weighted by atomic mass is 9.95. The molecule has 1 aliphatic heterocycles. The summed E-state index contributed by atoms with van der Waals surface area (Å²) in [6, 6.07) is 6.16. The van der Waals surface area contributed by atoms with E-state index < -0.39 is 0 Å². The Morgan fingerprint density at radius 1 is 1.37 bits per heavy atom. The highest BCUT2D eigenvalue weighted by atomic mass is 16.2. The van der Waals surface area contributed by atoms with Crippen LogP contribution >= 0.6 is 0 Å². The largest absolute Gasteiger partial charge is 0.382 e. The Labute approximate surface area is 178 Å². The van der Waals surface area contributed by atoms with Crippen LogP contribution in [0.5, 0.6) is 0 Å². The Hall–Kier alpha value is -2.70. The number of H-pyrrole nitrogens is 1. The molecule has 2 aromatic rings. The summed E-state index contributed by atoms with van der Waals surface area (Å²) in [6.07, 6.45) is 6.27. The lowest BCUT2D eigenvalue weighted by Gasteiger charge is -2.31. The fourth-order valence-electron chi connectivity index (χ4n) is 4.11. The van der Waals surface area contributed by atoms with Crippen LogP contribution in [0.3, 0.4) is 0 Å². The molecule has 4 rings (SSSR count). The molecule has 0 spiro atoms. The van der Waals surface area contributed by atoms with E-state index in [0.29, 0.717) is 24.1 Å². The van der Waals surface area contributed by atoms with E-state index in [1.54, 1.807) is 0 Å². The highest BCUT2D eigenvalue weighted by Gasteiger charge is 2.40. The molecule has 2 fully saturated rings. The number of hydrogen-bond donors (Lipinski definition) is 3. The van der Waals surface area contributed by atoms with Crippen molar-refractivity contribution in [3.8, 4) is 11.4 Å². The molecule has 2 aliphatic rings. The number of aromatic nitrogens is 3. The number of amides is 1. The average Bonchev–Trinajstić information content (AvgIpc) is 3.25. The number of carbonyl (C=O) groups is 1. The summed E-state index contributed by atoms with van der Waals surface area (Å²) in [5.41, 5.74) is 2.96. The summed E-state index contributed by atoms with van der Waals surface area (Å²) < 4.78 is 0. The van der Waals surface area contributed by atoms with Crippen LogP contribution in [0.2, 0.25) is 0 Å². The summed E-state index contributed by atoms with van der Waals surface area (Å²) in [5, 5.41) is 18.6. The van der Waals surface area contributed by atoms with Crippen molar-refractivity contribution in [1.82, 2.24) is 20.1 Å². The van der Waals surface area contributed by atoms with Gasteiger partial charge in [0, 0.05) is 54.5 Å². The first-order valence-corrected chi connectivity index (χ1v) is 11.0. The molecule has 0 bridgehead atoms. The van der Waals surface area contributed by atoms with Crippen LogP contribution < -0.4 is 5.32 Å². The molecule has 1 amide bonds. The third-order valence-electron chi connectivity index (χ3n) is 6.33. The maximum absolute atomic E-state index is 12.5. The van der Waals surface area contributed by atoms with Crippen molar-refractivity contribution in [1.29, 1.82) is 5.41 Å². The van der Waals surface area contributed by atoms with Gasteiger partial charge in [-0.15, -0.1) is 0 Å². The normalized spacial score (nSPS) is 18.5. The highest BCUT2D eigenvalue weighted by molar-refractivity contribution is 5.87. The van der Waals surface area contributed by atoms with Gasteiger partial charge in [-0.05, 0) is 51.0 Å². The number of nitrogens with one attached hydrogen (secondary N) is 3. The molecule has 1 aliphatic carbocycles. The van der Waals surface area contributed by atoms with E-state index in [1.165, 1.54) is 19.1 Å². The molecule has 7 heteroatoms. The summed E-state index contributed by atoms with van der Waals surface area (Å²) in [4.78, 5) is 19.3. The van der Waals surface area contributed by atoms with Crippen molar-refractivity contribution < 1.29 is 4.79 Å². The van der Waals surface area contributed by atoms with Crippen molar-refractivity contribution >= 4 is 17.8 Å². The number of hydrogen-bond acceptors (Lipinski definition) is 5. The fraction of sp³-hybridized carbons (Fsp3) is 0.565. The standard InChI is InChI=1S/C23H32N6O/c1-15(2)25-19-12-17(4-5-18(19)14-24)22-26-21(27-28-22)16-6-10-29(11-7-16)20(30)13-23(3)8-9-23/h4-5,12,14-16,24-25H,6-11,13H2,1-3H3,(H,26,27,28). The third kappa shape index (κ3) is 4.55. The van der Waals surface area contributed by atoms with Gasteiger partial charge in [0.05, 0.1) is 0 Å². The van der Waals surface area contributed by atoms with Crippen LogP contribution in [-0.2, 0) is 4.79 Å². The highest BCUT2D eigenvalue weighted by Crippen LogP contribution is 2.48. The Balaban J connectivity index is 1.41. The van der Waals surface area contributed by atoms with Gasteiger partial charge >= 0.3 is 0 Å². The van der Waals surface area contributed by atoms with E-state index in [2.05, 4.69) is 36.3 Å². The summed E-state index contributed by atoms with van der Waals surface area (Å²) >= 11 is 0. The second-order valence-electron chi connectivity index (χ2n) is 9.43. The van der Waals surface area contributed by atoms with Gasteiger partial charge in [0.2, 0.25) is 5.91 Å². The van der Waals surface area contributed by atoms with Crippen LogP contribution in [-0.4, -0.2) is 51.3 Å². The zero-order chi connectivity index (χ0) is 21.3. The number of aromatic amines is 1. The van der Waals surface area contributed by atoms with Crippen LogP contribution in [0.4, 0.5) is 5.69 Å². The Morgan fingerprint density at radius 3 is 2.73 bits per heavy atom. The second-order valence-corrected chi connectivity index (χ2v) is 9.43. The third-order valence-corrected chi connectivity index (χ3v) is 6.33. The number of nitrogens with zero attached hydrogens (tertiary/aromatic N) is 3. The maximum Gasteiger partial charge on any atom is 0.223 e. The first kappa shape index (κ1) is 20.6. The second kappa shape index (κ2) is 8.20. The number of rotatable bonds is 7. The molecule has 0 atom stereocenters. The zero-order valence-corrected chi connectivity index (χ0v) is 18.2. The topological polar surface area (TPSA) is 97.8 Å². The molecule has 0 unspecified atom stereocenters. The smallest absolute Gasteiger partial charge is 0.223 e. The fourth-order valence-corrected chi connectivity index (χ4v) is 4.11. The molecular formula is C23H32N6O. The first-order valence-electron chi connectivity index (χ1n) is 11.0. The maximum atomic E-state index is 12.5. The predicted octanol–water partition coefficient (Wildman–Crippen LogP) is 4.19. The molecule has 1 aromatic heterocycles. The molecule has 0 radical (unpaired) electrons. The van der Waals surface area contributed by atoms with Gasteiger partial charge in [-0.3, -0.25) is 9.89 Å². The van der Waals surface area contributed by atoms with Crippen molar-refractivity contribution in [2.45, 2.75) is 64.8 Å². The molecule has 160 valence electrons. The van der Waals surface area contributed by atoms with Gasteiger partial charge in [0.15, 0.2) is 5.82 Å². The monoisotopic (exact) mass is 408 g/mol. The van der Waals surface area contributed by atoms with Crippen molar-refractivity contribution in [3.63, 3.8) is 0 Å². The molecule has 1 saturated carbocycles. The van der Waals surface area contributed by atoms with Crippen molar-refractivity contribution in [2.75, 3.05) is 18.4 Å². The van der Waals surface area contributed by atoms with E-state index in [0.717, 1.165) is 48.6 Å². The molecular weight excluding hydrogens is 376 g/mol. The minimum absolute atomic E-state index is 0.268. The molecule has 1 aromatic carbocycles. The van der Waals surface area contributed by atoms with Gasteiger partial charge < -0.3 is 15.6 Å². The Morgan fingerprint density at radius 2 is 2.10 bits per heavy atom. The number of benzene rings is 1. The summed E-state index contributed by atoms with van der Waals surface area (Å²) in [6.45, 7) is 7.96. The first-order chi connectivity index (χ1) is 14.4. The average molecular weight is 409 g/mol. The summed E-state index contributed by atoms with van der Waals surface area (Å²) in [5.74, 6) is 2.19. The van der Waals surface area contributed by atoms with E-state index in [9.17, 15) is 4.79 Å². The van der Waals surface area contributed by atoms with Crippen LogP contribution in [0.15, 0.2) is 18.2 Å². The number of likely N-dealkylation sites (tertiary alicyclic amines) is 1. The lowest BCUT2D eigenvalue weighted by Crippen LogP contribution is -2.38. The van der Waals surface area contributed by atoms with Gasteiger partial charge in [-0.1, -0.05) is 19.1 Å². The quantitative estimate of drug-likeness (QED) is 0.599. The zero-order valence-electron chi connectivity index (χ0n) is 18.2. The van der Waals surface area contributed by atoms with E-state index in [-0.39, 0.29) is 11.5 Å². The van der Waals surface area contributed by atoms with Gasteiger partial charge in [-0.25, -0.2) is 4.98 Å². The predicted molar refractivity (Wildman–Crippen MR) is 119 cm³/mol. The van der Waals surface area contributed by atoms with Crippen LogP contribution in [0.1, 0.15) is 70.2 Å². The molecule has 1 saturated heterocycles. The lowest BCUT2D eigenvalue weighted by molar-refractivity contribution is -0.133. The van der Waals surface area contributed by atoms with Crippen molar-refractivity contribution in [2.24, 2.45) is 5.41 Å². The van der Waals surface area contributed by atoms with E-state index in [4.69, 9.17) is 10.4 Å². The Kier molecular flexibility index (Phi) is 5.62. The SMILES string of the molecule is CC(C)Nc1cc(-c2n[nH]c(C3CCN(C(=O)CC4(C)CC4)CC3)n2)ccc1C=N. The van der Waals surface area contributed by atoms with Gasteiger partial charge in [0.1, 0.15) is 5.82 Å². The van der Waals surface area contributed by atoms with Crippen LogP contribution in [0, 0.1) is 10.8 Å². The van der Waals surface area contributed by atoms with Gasteiger partial charge in [0.25, 0.3) is 0 Å². The van der Waals surface area contributed by atoms with E-state index >= 15 is 0 Å². The van der Waals surface area contributed by atoms with Gasteiger partial charge in [-0.2, -0.15) is 5.10 Å². The molecule has 30 heavy (non-hydrogen) atoms. The number of anilines is 1.